The highest BCUT2D eigenvalue weighted by Crippen LogP contribution is 2.29. The summed E-state index contributed by atoms with van der Waals surface area (Å²) in [6, 6.07) is 9.58. The van der Waals surface area contributed by atoms with Gasteiger partial charge >= 0.3 is 0 Å². The number of hydrogen-bond acceptors (Lipinski definition) is 4. The average Bonchev–Trinajstić information content (AvgIpc) is 2.84. The average molecular weight is 349 g/mol. The highest BCUT2D eigenvalue weighted by atomic mass is 32.2. The van der Waals surface area contributed by atoms with Crippen LogP contribution in [0.5, 0.6) is 0 Å². The Morgan fingerprint density at radius 3 is 2.50 bits per heavy atom. The number of aliphatic hydroxyl groups excluding tert-OH is 1. The van der Waals surface area contributed by atoms with Gasteiger partial charge in [0.2, 0.25) is 10.0 Å². The Morgan fingerprint density at radius 1 is 1.17 bits per heavy atom. The molecule has 1 saturated carbocycles. The van der Waals surface area contributed by atoms with Gasteiger partial charge in [-0.3, -0.25) is 4.72 Å². The summed E-state index contributed by atoms with van der Waals surface area (Å²) in [7, 11) is -3.65. The number of rotatable bonds is 4. The van der Waals surface area contributed by atoms with Gasteiger partial charge in [-0.25, -0.2) is 13.1 Å². The third-order valence-corrected chi connectivity index (χ3v) is 6.44. The first kappa shape index (κ1) is 17.0. The van der Waals surface area contributed by atoms with Crippen molar-refractivity contribution in [2.24, 2.45) is 0 Å². The molecule has 1 fully saturated rings. The highest BCUT2D eigenvalue weighted by Gasteiger charge is 2.35. The zero-order chi connectivity index (χ0) is 17.3. The Kier molecular flexibility index (Phi) is 4.64. The molecule has 0 bridgehead atoms. The van der Waals surface area contributed by atoms with Crippen molar-refractivity contribution in [2.45, 2.75) is 50.9 Å². The summed E-state index contributed by atoms with van der Waals surface area (Å²) in [5, 5.41) is 13.8. The summed E-state index contributed by atoms with van der Waals surface area (Å²) in [5.74, 6) is 0. The Labute approximate surface area is 142 Å². The van der Waals surface area contributed by atoms with Crippen LogP contribution in [0.25, 0.3) is 5.69 Å². The van der Waals surface area contributed by atoms with Crippen molar-refractivity contribution in [3.8, 4) is 5.69 Å². The van der Waals surface area contributed by atoms with E-state index in [2.05, 4.69) is 9.82 Å². The van der Waals surface area contributed by atoms with Gasteiger partial charge in [-0.2, -0.15) is 5.10 Å². The molecule has 0 aliphatic heterocycles. The second-order valence-electron chi connectivity index (χ2n) is 6.33. The van der Waals surface area contributed by atoms with Gasteiger partial charge in [0, 0.05) is 0 Å². The molecule has 0 saturated heterocycles. The summed E-state index contributed by atoms with van der Waals surface area (Å²) in [6.07, 6.45) is 1.91. The lowest BCUT2D eigenvalue weighted by atomic mass is 9.97. The molecule has 7 heteroatoms. The van der Waals surface area contributed by atoms with E-state index in [1.165, 1.54) is 0 Å². The van der Waals surface area contributed by atoms with E-state index in [9.17, 15) is 13.5 Å². The second kappa shape index (κ2) is 6.57. The van der Waals surface area contributed by atoms with Gasteiger partial charge in [0.15, 0.2) is 0 Å². The Bertz CT molecular complexity index is 815. The van der Waals surface area contributed by atoms with Crippen LogP contribution in [0, 0.1) is 13.8 Å². The van der Waals surface area contributed by atoms with E-state index < -0.39 is 21.4 Å². The van der Waals surface area contributed by atoms with Gasteiger partial charge in [0.25, 0.3) is 0 Å². The van der Waals surface area contributed by atoms with Crippen molar-refractivity contribution in [1.82, 2.24) is 9.78 Å². The third kappa shape index (κ3) is 3.18. The minimum Gasteiger partial charge on any atom is -0.392 e. The van der Waals surface area contributed by atoms with E-state index in [0.717, 1.165) is 24.2 Å². The zero-order valence-corrected chi connectivity index (χ0v) is 14.8. The van der Waals surface area contributed by atoms with E-state index in [4.69, 9.17) is 0 Å². The van der Waals surface area contributed by atoms with Crippen LogP contribution in [-0.4, -0.2) is 34.7 Å². The van der Waals surface area contributed by atoms with Crippen molar-refractivity contribution in [1.29, 1.82) is 0 Å². The normalized spacial score (nSPS) is 21.6. The smallest absolute Gasteiger partial charge is 0.238 e. The van der Waals surface area contributed by atoms with E-state index >= 15 is 0 Å². The molecule has 1 aliphatic rings. The van der Waals surface area contributed by atoms with Gasteiger partial charge in [0.05, 0.1) is 28.9 Å². The standard InChI is InChI=1S/C17H23N3O3S/c1-12-17(13(2)20(18-12)14-8-4-3-5-9-14)19-24(22,23)16-11-7-6-10-15(16)21/h3-5,8-9,15-16,19,21H,6-7,10-11H2,1-2H3/t15-,16-/m1/s1. The number of aliphatic hydroxyl groups is 1. The molecule has 2 aromatic rings. The molecule has 0 unspecified atom stereocenters. The number of aromatic nitrogens is 2. The van der Waals surface area contributed by atoms with Crippen LogP contribution in [0.4, 0.5) is 5.69 Å². The van der Waals surface area contributed by atoms with Crippen LogP contribution in [0.2, 0.25) is 0 Å². The molecule has 24 heavy (non-hydrogen) atoms. The van der Waals surface area contributed by atoms with Gasteiger partial charge in [-0.15, -0.1) is 0 Å². The lowest BCUT2D eigenvalue weighted by Gasteiger charge is -2.27. The molecule has 0 radical (unpaired) electrons. The van der Waals surface area contributed by atoms with E-state index in [1.807, 2.05) is 37.3 Å². The highest BCUT2D eigenvalue weighted by molar-refractivity contribution is 7.93. The SMILES string of the molecule is Cc1nn(-c2ccccc2)c(C)c1NS(=O)(=O)[C@@H]1CCCC[C@H]1O. The fourth-order valence-electron chi connectivity index (χ4n) is 3.27. The Hall–Kier alpha value is -1.86. The first-order valence-corrected chi connectivity index (χ1v) is 9.76. The summed E-state index contributed by atoms with van der Waals surface area (Å²) >= 11 is 0. The number of benzene rings is 1. The van der Waals surface area contributed by atoms with E-state index in [0.29, 0.717) is 24.2 Å². The minimum atomic E-state index is -3.65. The number of para-hydroxylation sites is 1. The Morgan fingerprint density at radius 2 is 1.83 bits per heavy atom. The summed E-state index contributed by atoms with van der Waals surface area (Å²) in [6.45, 7) is 3.61. The van der Waals surface area contributed by atoms with Crippen molar-refractivity contribution < 1.29 is 13.5 Å². The second-order valence-corrected chi connectivity index (χ2v) is 8.23. The van der Waals surface area contributed by atoms with Crippen LogP contribution in [0.15, 0.2) is 30.3 Å². The van der Waals surface area contributed by atoms with Gasteiger partial charge in [-0.05, 0) is 38.8 Å². The van der Waals surface area contributed by atoms with Crippen molar-refractivity contribution in [2.75, 3.05) is 4.72 Å². The Balaban J connectivity index is 1.92. The molecule has 1 aliphatic carbocycles. The fourth-order valence-corrected chi connectivity index (χ4v) is 5.03. The van der Waals surface area contributed by atoms with Gasteiger partial charge in [0.1, 0.15) is 5.25 Å². The fraction of sp³-hybridized carbons (Fsp3) is 0.471. The number of sulfonamides is 1. The third-order valence-electron chi connectivity index (χ3n) is 4.60. The maximum absolute atomic E-state index is 12.7. The maximum Gasteiger partial charge on any atom is 0.238 e. The predicted octanol–water partition coefficient (Wildman–Crippen LogP) is 2.53. The molecular weight excluding hydrogens is 326 g/mol. The van der Waals surface area contributed by atoms with Crippen LogP contribution < -0.4 is 4.72 Å². The van der Waals surface area contributed by atoms with Crippen molar-refractivity contribution in [3.63, 3.8) is 0 Å². The summed E-state index contributed by atoms with van der Waals surface area (Å²) in [4.78, 5) is 0. The summed E-state index contributed by atoms with van der Waals surface area (Å²) < 4.78 is 29.8. The van der Waals surface area contributed by atoms with E-state index in [1.54, 1.807) is 11.6 Å². The van der Waals surface area contributed by atoms with Crippen LogP contribution in [-0.2, 0) is 10.0 Å². The number of anilines is 1. The first-order chi connectivity index (χ1) is 11.4. The van der Waals surface area contributed by atoms with Gasteiger partial charge in [-0.1, -0.05) is 31.0 Å². The molecule has 2 atom stereocenters. The number of hydrogen-bond donors (Lipinski definition) is 2. The lowest BCUT2D eigenvalue weighted by Crippen LogP contribution is -2.40. The number of nitrogens with zero attached hydrogens (tertiary/aromatic N) is 2. The van der Waals surface area contributed by atoms with Crippen LogP contribution in [0.1, 0.15) is 37.1 Å². The molecule has 0 amide bonds. The predicted molar refractivity (Wildman–Crippen MR) is 93.8 cm³/mol. The molecule has 1 heterocycles. The van der Waals surface area contributed by atoms with Crippen molar-refractivity contribution >= 4 is 15.7 Å². The van der Waals surface area contributed by atoms with Crippen LogP contribution >= 0.6 is 0 Å². The maximum atomic E-state index is 12.7. The molecule has 0 spiro atoms. The van der Waals surface area contributed by atoms with Gasteiger partial charge < -0.3 is 5.11 Å². The minimum absolute atomic E-state index is 0.488. The summed E-state index contributed by atoms with van der Waals surface area (Å²) in [5.41, 5.74) is 2.72. The molecule has 2 N–H and O–H groups in total. The molecular formula is C17H23N3O3S. The van der Waals surface area contributed by atoms with Crippen molar-refractivity contribution in [3.05, 3.63) is 41.7 Å². The quantitative estimate of drug-likeness (QED) is 0.888. The van der Waals surface area contributed by atoms with Crippen LogP contribution in [0.3, 0.4) is 0 Å². The number of nitrogens with one attached hydrogen (secondary N) is 1. The number of aryl methyl sites for hydroxylation is 1. The molecule has 130 valence electrons. The molecule has 1 aromatic carbocycles. The largest absolute Gasteiger partial charge is 0.392 e. The topological polar surface area (TPSA) is 84.2 Å². The monoisotopic (exact) mass is 349 g/mol. The zero-order valence-electron chi connectivity index (χ0n) is 13.9. The van der Waals surface area contributed by atoms with E-state index in [-0.39, 0.29) is 0 Å². The molecule has 1 aromatic heterocycles. The molecule has 3 rings (SSSR count). The lowest BCUT2D eigenvalue weighted by molar-refractivity contribution is 0.133. The molecule has 6 nitrogen and oxygen atoms in total. The first-order valence-electron chi connectivity index (χ1n) is 8.21.